The lowest BCUT2D eigenvalue weighted by molar-refractivity contribution is -0.142. The molecule has 1 atom stereocenters. The molecule has 0 aromatic heterocycles. The lowest BCUT2D eigenvalue weighted by Crippen LogP contribution is -2.19. The Bertz CT molecular complexity index is 401. The molecule has 112 valence electrons. The second kappa shape index (κ2) is 9.14. The normalized spacial score (nSPS) is 12.6. The van der Waals surface area contributed by atoms with Crippen molar-refractivity contribution in [3.63, 3.8) is 0 Å². The van der Waals surface area contributed by atoms with Crippen LogP contribution in [0.25, 0.3) is 0 Å². The maximum absolute atomic E-state index is 11.3. The Morgan fingerprint density at radius 2 is 1.80 bits per heavy atom. The Morgan fingerprint density at radius 3 is 2.35 bits per heavy atom. The van der Waals surface area contributed by atoms with Gasteiger partial charge in [-0.25, -0.2) is 0 Å². The van der Waals surface area contributed by atoms with E-state index in [1.807, 2.05) is 24.3 Å². The highest BCUT2D eigenvalue weighted by Crippen LogP contribution is 2.16. The number of benzene rings is 1. The molecule has 0 aliphatic rings. The summed E-state index contributed by atoms with van der Waals surface area (Å²) in [6, 6.07) is 7.79. The van der Waals surface area contributed by atoms with E-state index in [0.29, 0.717) is 32.0 Å². The standard InChI is InChI=1S/C16H23BrO3/c1-12(2)7-9-20-10-8-14(16(18)19)11-13-3-5-15(17)6-4-13/h3-6,12,14H,7-11H2,1-2H3,(H,18,19). The van der Waals surface area contributed by atoms with Gasteiger partial charge in [-0.05, 0) is 42.9 Å². The van der Waals surface area contributed by atoms with Crippen molar-refractivity contribution in [2.75, 3.05) is 13.2 Å². The highest BCUT2D eigenvalue weighted by atomic mass is 79.9. The van der Waals surface area contributed by atoms with Crippen molar-refractivity contribution < 1.29 is 14.6 Å². The van der Waals surface area contributed by atoms with Gasteiger partial charge in [0, 0.05) is 17.7 Å². The number of carbonyl (C=O) groups is 1. The van der Waals surface area contributed by atoms with Crippen molar-refractivity contribution in [1.29, 1.82) is 0 Å². The van der Waals surface area contributed by atoms with Gasteiger partial charge in [-0.2, -0.15) is 0 Å². The first-order valence-electron chi connectivity index (χ1n) is 7.04. The van der Waals surface area contributed by atoms with Crippen LogP contribution >= 0.6 is 15.9 Å². The van der Waals surface area contributed by atoms with E-state index in [4.69, 9.17) is 4.74 Å². The average Bonchev–Trinajstić information content (AvgIpc) is 2.38. The molecule has 0 saturated carbocycles. The zero-order valence-electron chi connectivity index (χ0n) is 12.1. The number of halogens is 1. The van der Waals surface area contributed by atoms with Crippen molar-refractivity contribution in [3.05, 3.63) is 34.3 Å². The lowest BCUT2D eigenvalue weighted by Gasteiger charge is -2.13. The maximum Gasteiger partial charge on any atom is 0.306 e. The summed E-state index contributed by atoms with van der Waals surface area (Å²) in [5.74, 6) is -0.511. The molecule has 0 aliphatic carbocycles. The summed E-state index contributed by atoms with van der Waals surface area (Å²) in [6.07, 6.45) is 2.13. The van der Waals surface area contributed by atoms with E-state index in [-0.39, 0.29) is 5.92 Å². The third-order valence-electron chi connectivity index (χ3n) is 3.19. The average molecular weight is 343 g/mol. The second-order valence-corrected chi connectivity index (χ2v) is 6.36. The van der Waals surface area contributed by atoms with E-state index >= 15 is 0 Å². The Hall–Kier alpha value is -0.870. The number of hydrogen-bond acceptors (Lipinski definition) is 2. The van der Waals surface area contributed by atoms with Crippen molar-refractivity contribution in [2.45, 2.75) is 33.1 Å². The largest absolute Gasteiger partial charge is 0.481 e. The van der Waals surface area contributed by atoms with E-state index in [2.05, 4.69) is 29.8 Å². The topological polar surface area (TPSA) is 46.5 Å². The Labute approximate surface area is 129 Å². The van der Waals surface area contributed by atoms with Gasteiger partial charge in [0.1, 0.15) is 0 Å². The monoisotopic (exact) mass is 342 g/mol. The molecule has 1 N–H and O–H groups in total. The van der Waals surface area contributed by atoms with Gasteiger partial charge in [-0.1, -0.05) is 41.9 Å². The summed E-state index contributed by atoms with van der Waals surface area (Å²) < 4.78 is 6.52. The molecule has 20 heavy (non-hydrogen) atoms. The van der Waals surface area contributed by atoms with Crippen LogP contribution < -0.4 is 0 Å². The zero-order chi connectivity index (χ0) is 15.0. The third-order valence-corrected chi connectivity index (χ3v) is 3.72. The summed E-state index contributed by atoms with van der Waals surface area (Å²) in [5, 5.41) is 9.27. The second-order valence-electron chi connectivity index (χ2n) is 5.45. The Kier molecular flexibility index (Phi) is 7.85. The van der Waals surface area contributed by atoms with Gasteiger partial charge in [-0.15, -0.1) is 0 Å². The summed E-state index contributed by atoms with van der Waals surface area (Å²) in [4.78, 5) is 11.3. The van der Waals surface area contributed by atoms with Gasteiger partial charge in [-0.3, -0.25) is 4.79 Å². The van der Waals surface area contributed by atoms with E-state index in [1.165, 1.54) is 0 Å². The molecule has 3 nitrogen and oxygen atoms in total. The quantitative estimate of drug-likeness (QED) is 0.686. The number of hydrogen-bond donors (Lipinski definition) is 1. The number of carboxylic acids is 1. The van der Waals surface area contributed by atoms with Crippen molar-refractivity contribution in [1.82, 2.24) is 0 Å². The first-order chi connectivity index (χ1) is 9.49. The summed E-state index contributed by atoms with van der Waals surface area (Å²) >= 11 is 3.38. The minimum atomic E-state index is -0.750. The number of rotatable bonds is 9. The molecule has 0 saturated heterocycles. The Balaban J connectivity index is 2.37. The molecule has 1 aromatic rings. The van der Waals surface area contributed by atoms with Gasteiger partial charge >= 0.3 is 5.97 Å². The Morgan fingerprint density at radius 1 is 1.20 bits per heavy atom. The van der Waals surface area contributed by atoms with Crippen LogP contribution in [0.15, 0.2) is 28.7 Å². The number of carboxylic acid groups (broad SMARTS) is 1. The molecule has 0 heterocycles. The van der Waals surface area contributed by atoms with Gasteiger partial charge < -0.3 is 9.84 Å². The van der Waals surface area contributed by atoms with E-state index in [0.717, 1.165) is 16.5 Å². The van der Waals surface area contributed by atoms with E-state index in [9.17, 15) is 9.90 Å². The first kappa shape index (κ1) is 17.2. The van der Waals surface area contributed by atoms with Crippen LogP contribution in [-0.2, 0) is 16.0 Å². The van der Waals surface area contributed by atoms with Crippen LogP contribution in [0.1, 0.15) is 32.3 Å². The van der Waals surface area contributed by atoms with Crippen LogP contribution in [0.5, 0.6) is 0 Å². The molecule has 1 rings (SSSR count). The highest BCUT2D eigenvalue weighted by Gasteiger charge is 2.17. The van der Waals surface area contributed by atoms with E-state index < -0.39 is 5.97 Å². The molecule has 0 radical (unpaired) electrons. The summed E-state index contributed by atoms with van der Waals surface area (Å²) in [7, 11) is 0. The number of ether oxygens (including phenoxy) is 1. The molecule has 1 unspecified atom stereocenters. The van der Waals surface area contributed by atoms with Crippen molar-refractivity contribution in [2.24, 2.45) is 11.8 Å². The predicted molar refractivity (Wildman–Crippen MR) is 83.9 cm³/mol. The van der Waals surface area contributed by atoms with Crippen LogP contribution in [0, 0.1) is 11.8 Å². The predicted octanol–water partition coefficient (Wildman–Crippen LogP) is 4.15. The third kappa shape index (κ3) is 7.06. The van der Waals surface area contributed by atoms with Gasteiger partial charge in [0.2, 0.25) is 0 Å². The van der Waals surface area contributed by atoms with Gasteiger partial charge in [0.05, 0.1) is 5.92 Å². The maximum atomic E-state index is 11.3. The fraction of sp³-hybridized carbons (Fsp3) is 0.562. The van der Waals surface area contributed by atoms with E-state index in [1.54, 1.807) is 0 Å². The van der Waals surface area contributed by atoms with Gasteiger partial charge in [0.25, 0.3) is 0 Å². The van der Waals surface area contributed by atoms with Gasteiger partial charge in [0.15, 0.2) is 0 Å². The zero-order valence-corrected chi connectivity index (χ0v) is 13.7. The molecular formula is C16H23BrO3. The fourth-order valence-corrected chi connectivity index (χ4v) is 2.13. The fourth-order valence-electron chi connectivity index (χ4n) is 1.86. The van der Waals surface area contributed by atoms with Crippen LogP contribution in [0.4, 0.5) is 0 Å². The minimum absolute atomic E-state index is 0.379. The van der Waals surface area contributed by atoms with Crippen LogP contribution in [0.3, 0.4) is 0 Å². The van der Waals surface area contributed by atoms with Crippen molar-refractivity contribution in [3.8, 4) is 0 Å². The molecule has 0 fully saturated rings. The summed E-state index contributed by atoms with van der Waals surface area (Å²) in [6.45, 7) is 5.52. The molecule has 0 aliphatic heterocycles. The highest BCUT2D eigenvalue weighted by molar-refractivity contribution is 9.10. The van der Waals surface area contributed by atoms with Crippen LogP contribution in [0.2, 0.25) is 0 Å². The summed E-state index contributed by atoms with van der Waals surface area (Å²) in [5.41, 5.74) is 1.04. The number of aliphatic carboxylic acids is 1. The first-order valence-corrected chi connectivity index (χ1v) is 7.83. The van der Waals surface area contributed by atoms with Crippen molar-refractivity contribution >= 4 is 21.9 Å². The lowest BCUT2D eigenvalue weighted by atomic mass is 9.97. The molecule has 0 bridgehead atoms. The molecule has 4 heteroatoms. The molecule has 0 spiro atoms. The molecule has 0 amide bonds. The van der Waals surface area contributed by atoms with Crippen LogP contribution in [-0.4, -0.2) is 24.3 Å². The SMILES string of the molecule is CC(C)CCOCCC(Cc1ccc(Br)cc1)C(=O)O. The smallest absolute Gasteiger partial charge is 0.306 e. The minimum Gasteiger partial charge on any atom is -0.481 e. The molecular weight excluding hydrogens is 320 g/mol. The molecule has 1 aromatic carbocycles.